The van der Waals surface area contributed by atoms with Crippen molar-refractivity contribution in [3.05, 3.63) is 24.3 Å². The van der Waals surface area contributed by atoms with Crippen LogP contribution < -0.4 is 11.1 Å². The molecule has 0 aromatic heterocycles. The summed E-state index contributed by atoms with van der Waals surface area (Å²) in [6, 6.07) is 7.63. The fraction of sp³-hybridized carbons (Fsp3) is 0.500. The van der Waals surface area contributed by atoms with E-state index in [2.05, 4.69) is 5.32 Å². The van der Waals surface area contributed by atoms with Crippen LogP contribution in [0.4, 0.5) is 5.69 Å². The van der Waals surface area contributed by atoms with Gasteiger partial charge in [0.15, 0.2) is 0 Å². The van der Waals surface area contributed by atoms with E-state index in [0.29, 0.717) is 6.54 Å². The molecule has 0 saturated carbocycles. The molecule has 1 aliphatic rings. The molecule has 0 bridgehead atoms. The van der Waals surface area contributed by atoms with Gasteiger partial charge >= 0.3 is 0 Å². The highest BCUT2D eigenvalue weighted by Crippen LogP contribution is 2.26. The van der Waals surface area contributed by atoms with E-state index < -0.39 is 0 Å². The second-order valence-corrected chi connectivity index (χ2v) is 7.07. The van der Waals surface area contributed by atoms with Gasteiger partial charge in [-0.05, 0) is 44.0 Å². The number of amides is 2. The number of hydrogen-bond acceptors (Lipinski definition) is 4. The maximum absolute atomic E-state index is 12.5. The largest absolute Gasteiger partial charge is 0.340 e. The molecule has 0 spiro atoms. The van der Waals surface area contributed by atoms with Gasteiger partial charge < -0.3 is 16.0 Å². The summed E-state index contributed by atoms with van der Waals surface area (Å²) in [5, 5.41) is 2.59. The van der Waals surface area contributed by atoms with Crippen molar-refractivity contribution in [2.24, 2.45) is 5.73 Å². The Morgan fingerprint density at radius 3 is 2.57 bits per heavy atom. The zero-order valence-electron chi connectivity index (χ0n) is 13.5. The molecule has 1 aromatic rings. The summed E-state index contributed by atoms with van der Waals surface area (Å²) in [5.74, 6) is 0.0523. The summed E-state index contributed by atoms with van der Waals surface area (Å²) in [5.41, 5.74) is 6.70. The van der Waals surface area contributed by atoms with Crippen LogP contribution in [0, 0.1) is 0 Å². The number of piperidine rings is 1. The fourth-order valence-electron chi connectivity index (χ4n) is 2.54. The predicted octanol–water partition coefficient (Wildman–Crippen LogP) is 2.50. The SMILES string of the molecule is CC(=O)Nc1ccc(SC(C)C(=O)N2CCCC(N)C2)cc1.Cl. The van der Waals surface area contributed by atoms with E-state index in [9.17, 15) is 9.59 Å². The molecule has 1 saturated heterocycles. The minimum absolute atomic E-state index is 0. The molecule has 2 unspecified atom stereocenters. The first-order valence-electron chi connectivity index (χ1n) is 7.54. The van der Waals surface area contributed by atoms with Crippen molar-refractivity contribution in [3.63, 3.8) is 0 Å². The quantitative estimate of drug-likeness (QED) is 0.812. The van der Waals surface area contributed by atoms with Gasteiger partial charge in [-0.1, -0.05) is 0 Å². The van der Waals surface area contributed by atoms with E-state index in [0.717, 1.165) is 30.0 Å². The van der Waals surface area contributed by atoms with E-state index in [4.69, 9.17) is 5.73 Å². The molecule has 128 valence electrons. The fourth-order valence-corrected chi connectivity index (χ4v) is 3.49. The highest BCUT2D eigenvalue weighted by Gasteiger charge is 2.25. The molecule has 23 heavy (non-hydrogen) atoms. The monoisotopic (exact) mass is 357 g/mol. The first kappa shape index (κ1) is 19.8. The minimum Gasteiger partial charge on any atom is -0.340 e. The van der Waals surface area contributed by atoms with E-state index in [-0.39, 0.29) is 35.5 Å². The average molecular weight is 358 g/mol. The molecule has 2 atom stereocenters. The van der Waals surface area contributed by atoms with Gasteiger partial charge in [0.05, 0.1) is 5.25 Å². The Bertz CT molecular complexity index is 539. The number of thioether (sulfide) groups is 1. The molecule has 2 amide bonds. The summed E-state index contributed by atoms with van der Waals surface area (Å²) in [4.78, 5) is 26.3. The van der Waals surface area contributed by atoms with Crippen molar-refractivity contribution < 1.29 is 9.59 Å². The zero-order valence-corrected chi connectivity index (χ0v) is 15.1. The van der Waals surface area contributed by atoms with Crippen LogP contribution in [-0.2, 0) is 9.59 Å². The Kier molecular flexibility index (Phi) is 7.88. The van der Waals surface area contributed by atoms with Crippen molar-refractivity contribution in [1.29, 1.82) is 0 Å². The van der Waals surface area contributed by atoms with Crippen LogP contribution >= 0.6 is 24.2 Å². The third-order valence-corrected chi connectivity index (χ3v) is 4.70. The first-order chi connectivity index (χ1) is 10.5. The van der Waals surface area contributed by atoms with Crippen LogP contribution in [0.5, 0.6) is 0 Å². The number of likely N-dealkylation sites (tertiary alicyclic amines) is 1. The maximum atomic E-state index is 12.5. The molecule has 5 nitrogen and oxygen atoms in total. The van der Waals surface area contributed by atoms with Crippen LogP contribution in [0.3, 0.4) is 0 Å². The van der Waals surface area contributed by atoms with Gasteiger partial charge in [0.2, 0.25) is 11.8 Å². The third kappa shape index (κ3) is 6.05. The number of nitrogens with one attached hydrogen (secondary N) is 1. The summed E-state index contributed by atoms with van der Waals surface area (Å²) in [6.45, 7) is 4.87. The van der Waals surface area contributed by atoms with Crippen LogP contribution in [-0.4, -0.2) is 41.1 Å². The molecule has 1 fully saturated rings. The van der Waals surface area contributed by atoms with E-state index >= 15 is 0 Å². The van der Waals surface area contributed by atoms with Crippen LogP contribution in [0.1, 0.15) is 26.7 Å². The number of rotatable bonds is 4. The number of nitrogens with two attached hydrogens (primary N) is 1. The highest BCUT2D eigenvalue weighted by molar-refractivity contribution is 8.00. The Hall–Kier alpha value is -1.24. The molecule has 0 aliphatic carbocycles. The lowest BCUT2D eigenvalue weighted by Gasteiger charge is -2.32. The highest BCUT2D eigenvalue weighted by atomic mass is 35.5. The van der Waals surface area contributed by atoms with E-state index in [1.165, 1.54) is 18.7 Å². The average Bonchev–Trinajstić information content (AvgIpc) is 2.48. The number of carbonyl (C=O) groups excluding carboxylic acids is 2. The summed E-state index contributed by atoms with van der Waals surface area (Å²) in [6.07, 6.45) is 1.98. The Morgan fingerprint density at radius 2 is 2.00 bits per heavy atom. The number of halogens is 1. The standard InChI is InChI=1S/C16H23N3O2S.ClH/c1-11(16(21)19-9-3-4-13(17)10-19)22-15-7-5-14(6-8-15)18-12(2)20;/h5-8,11,13H,3-4,9-10,17H2,1-2H3,(H,18,20);1H. The van der Waals surface area contributed by atoms with Gasteiger partial charge in [0.25, 0.3) is 0 Å². The number of carbonyl (C=O) groups is 2. The van der Waals surface area contributed by atoms with Crippen LogP contribution in [0.15, 0.2) is 29.2 Å². The van der Waals surface area contributed by atoms with Crippen molar-refractivity contribution in [2.75, 3.05) is 18.4 Å². The lowest BCUT2D eigenvalue weighted by Crippen LogP contribution is -2.48. The Balaban J connectivity index is 0.00000264. The molecular formula is C16H24ClN3O2S. The van der Waals surface area contributed by atoms with Gasteiger partial charge in [-0.15, -0.1) is 24.2 Å². The second kappa shape index (κ2) is 9.15. The van der Waals surface area contributed by atoms with Gasteiger partial charge in [-0.25, -0.2) is 0 Å². The smallest absolute Gasteiger partial charge is 0.235 e. The molecule has 2 rings (SSSR count). The Morgan fingerprint density at radius 1 is 1.35 bits per heavy atom. The molecule has 0 radical (unpaired) electrons. The van der Waals surface area contributed by atoms with Gasteiger partial charge in [0, 0.05) is 36.6 Å². The lowest BCUT2D eigenvalue weighted by molar-refractivity contribution is -0.131. The van der Waals surface area contributed by atoms with Crippen LogP contribution in [0.25, 0.3) is 0 Å². The zero-order chi connectivity index (χ0) is 16.1. The predicted molar refractivity (Wildman–Crippen MR) is 97.1 cm³/mol. The lowest BCUT2D eigenvalue weighted by atomic mass is 10.1. The molecule has 7 heteroatoms. The summed E-state index contributed by atoms with van der Waals surface area (Å²) in [7, 11) is 0. The van der Waals surface area contributed by atoms with Crippen LogP contribution in [0.2, 0.25) is 0 Å². The number of anilines is 1. The first-order valence-corrected chi connectivity index (χ1v) is 8.42. The summed E-state index contributed by atoms with van der Waals surface area (Å²) < 4.78 is 0. The molecule has 1 aromatic carbocycles. The van der Waals surface area contributed by atoms with E-state index in [1.807, 2.05) is 36.1 Å². The third-order valence-electron chi connectivity index (χ3n) is 3.60. The van der Waals surface area contributed by atoms with Crippen molar-refractivity contribution in [3.8, 4) is 0 Å². The molecule has 1 aliphatic heterocycles. The van der Waals surface area contributed by atoms with Gasteiger partial charge in [-0.2, -0.15) is 0 Å². The molecule has 1 heterocycles. The van der Waals surface area contributed by atoms with E-state index in [1.54, 1.807) is 0 Å². The Labute approximate surface area is 147 Å². The van der Waals surface area contributed by atoms with Crippen molar-refractivity contribution >= 4 is 41.7 Å². The van der Waals surface area contributed by atoms with Gasteiger partial charge in [-0.3, -0.25) is 9.59 Å². The topological polar surface area (TPSA) is 75.4 Å². The number of benzene rings is 1. The van der Waals surface area contributed by atoms with Gasteiger partial charge in [0.1, 0.15) is 0 Å². The number of hydrogen-bond donors (Lipinski definition) is 2. The van der Waals surface area contributed by atoms with Crippen molar-refractivity contribution in [1.82, 2.24) is 4.90 Å². The summed E-state index contributed by atoms with van der Waals surface area (Å²) >= 11 is 1.53. The maximum Gasteiger partial charge on any atom is 0.235 e. The number of nitrogens with zero attached hydrogens (tertiary/aromatic N) is 1. The van der Waals surface area contributed by atoms with Crippen molar-refractivity contribution in [2.45, 2.75) is 42.9 Å². The molecular weight excluding hydrogens is 334 g/mol. The molecule has 3 N–H and O–H groups in total. The second-order valence-electron chi connectivity index (χ2n) is 5.65. The minimum atomic E-state index is -0.142. The normalized spacial score (nSPS) is 18.7.